The number of piperidine rings is 1. The quantitative estimate of drug-likeness (QED) is 0.483. The Morgan fingerprint density at radius 2 is 1.63 bits per heavy atom. The summed E-state index contributed by atoms with van der Waals surface area (Å²) < 4.78 is 0. The highest BCUT2D eigenvalue weighted by Gasteiger charge is 2.65. The van der Waals surface area contributed by atoms with Gasteiger partial charge >= 0.3 is 0 Å². The van der Waals surface area contributed by atoms with E-state index in [2.05, 4.69) is 20.8 Å². The van der Waals surface area contributed by atoms with Crippen LogP contribution < -0.4 is 0 Å². The van der Waals surface area contributed by atoms with E-state index < -0.39 is 0 Å². The Bertz CT molecular complexity index is 783. The molecular formula is C29H49NO5. The largest absolute Gasteiger partial charge is 0.393 e. The third-order valence-corrected chi connectivity index (χ3v) is 12.2. The van der Waals surface area contributed by atoms with E-state index in [1.807, 2.05) is 4.90 Å². The summed E-state index contributed by atoms with van der Waals surface area (Å²) in [5.41, 5.74) is -0.110. The van der Waals surface area contributed by atoms with Gasteiger partial charge in [0.1, 0.15) is 0 Å². The number of carbonyl (C=O) groups excluding carboxylic acids is 1. The number of hydrogen-bond acceptors (Lipinski definition) is 5. The van der Waals surface area contributed by atoms with Crippen molar-refractivity contribution in [2.45, 2.75) is 116 Å². The molecule has 6 nitrogen and oxygen atoms in total. The van der Waals surface area contributed by atoms with Crippen LogP contribution in [0.4, 0.5) is 0 Å². The number of nitrogens with zero attached hydrogens (tertiary/aromatic N) is 1. The van der Waals surface area contributed by atoms with Crippen molar-refractivity contribution in [2.75, 3.05) is 13.1 Å². The first-order valence-electron chi connectivity index (χ1n) is 14.6. The van der Waals surface area contributed by atoms with Gasteiger partial charge in [-0.25, -0.2) is 0 Å². The smallest absolute Gasteiger partial charge is 0.222 e. The maximum atomic E-state index is 12.8. The minimum absolute atomic E-state index is 0.101. The lowest BCUT2D eigenvalue weighted by atomic mass is 9.43. The van der Waals surface area contributed by atoms with E-state index in [4.69, 9.17) is 0 Å². The zero-order valence-corrected chi connectivity index (χ0v) is 22.1. The van der Waals surface area contributed by atoms with Crippen LogP contribution in [0.3, 0.4) is 0 Å². The SMILES string of the molecule is C[C@H](CCC(=O)N1CCC(O)CC1)[C@H]1CC[C@H]2[C@@H]3[C@H](O)C[C@@H]4C[C@H](O)CC[C@]4(C)[C@H]3C[C@H](O)[C@]12C. The molecule has 0 spiro atoms. The van der Waals surface area contributed by atoms with Crippen molar-refractivity contribution >= 4 is 5.91 Å². The third-order valence-electron chi connectivity index (χ3n) is 12.2. The van der Waals surface area contributed by atoms with Crippen molar-refractivity contribution in [1.29, 1.82) is 0 Å². The number of hydrogen-bond donors (Lipinski definition) is 4. The summed E-state index contributed by atoms with van der Waals surface area (Å²) in [6.07, 6.45) is 7.81. The molecule has 6 heteroatoms. The standard InChI is InChI=1S/C29H49NO5/c1-17(4-7-26(35)30-12-9-19(31)10-13-30)21-5-6-22-27-23(16-25(34)29(21,22)3)28(2)11-8-20(32)14-18(28)15-24(27)33/h17-25,27,31-34H,4-16H2,1-3H3/t17-,18+,20-,21-,22+,23+,24-,25+,27+,28+,29-/m1/s1. The van der Waals surface area contributed by atoms with E-state index >= 15 is 0 Å². The number of amides is 1. The molecule has 0 aromatic carbocycles. The first kappa shape index (κ1) is 25.9. The van der Waals surface area contributed by atoms with Crippen LogP contribution in [0.2, 0.25) is 0 Å². The lowest BCUT2D eigenvalue weighted by Crippen LogP contribution is -2.62. The van der Waals surface area contributed by atoms with Gasteiger partial charge < -0.3 is 25.3 Å². The van der Waals surface area contributed by atoms with E-state index in [9.17, 15) is 25.2 Å². The van der Waals surface area contributed by atoms with E-state index in [0.717, 1.165) is 51.4 Å². The Hall–Kier alpha value is -0.690. The average Bonchev–Trinajstić information content (AvgIpc) is 3.18. The highest BCUT2D eigenvalue weighted by molar-refractivity contribution is 5.76. The molecule has 5 fully saturated rings. The molecule has 0 unspecified atom stereocenters. The predicted octanol–water partition coefficient (Wildman–Crippen LogP) is 3.35. The molecule has 4 saturated carbocycles. The van der Waals surface area contributed by atoms with E-state index in [1.54, 1.807) is 0 Å². The second kappa shape index (κ2) is 9.56. The van der Waals surface area contributed by atoms with Crippen LogP contribution in [0.5, 0.6) is 0 Å². The zero-order valence-electron chi connectivity index (χ0n) is 22.1. The number of rotatable bonds is 4. The van der Waals surface area contributed by atoms with E-state index in [1.165, 1.54) is 0 Å². The Labute approximate surface area is 211 Å². The van der Waals surface area contributed by atoms with Crippen LogP contribution in [-0.4, -0.2) is 68.7 Å². The molecule has 0 radical (unpaired) electrons. The van der Waals surface area contributed by atoms with Gasteiger partial charge in [0.15, 0.2) is 0 Å². The van der Waals surface area contributed by atoms with Crippen molar-refractivity contribution < 1.29 is 25.2 Å². The van der Waals surface area contributed by atoms with Gasteiger partial charge in [-0.3, -0.25) is 4.79 Å². The van der Waals surface area contributed by atoms with Crippen LogP contribution >= 0.6 is 0 Å². The molecule has 5 rings (SSSR count). The Kier molecular flexibility index (Phi) is 7.09. The minimum Gasteiger partial charge on any atom is -0.393 e. The Balaban J connectivity index is 1.28. The monoisotopic (exact) mass is 491 g/mol. The molecule has 0 bridgehead atoms. The number of aliphatic hydroxyl groups is 4. The molecule has 35 heavy (non-hydrogen) atoms. The summed E-state index contributed by atoms with van der Waals surface area (Å²) in [5, 5.41) is 43.2. The fraction of sp³-hybridized carbons (Fsp3) is 0.966. The number of fused-ring (bicyclic) bond motifs is 5. The second-order valence-electron chi connectivity index (χ2n) is 13.7. The van der Waals surface area contributed by atoms with Crippen molar-refractivity contribution in [3.63, 3.8) is 0 Å². The van der Waals surface area contributed by atoms with Gasteiger partial charge in [0.25, 0.3) is 0 Å². The normalized spacial score (nSPS) is 49.2. The minimum atomic E-state index is -0.377. The maximum Gasteiger partial charge on any atom is 0.222 e. The first-order chi connectivity index (χ1) is 16.6. The predicted molar refractivity (Wildman–Crippen MR) is 134 cm³/mol. The third kappa shape index (κ3) is 4.28. The van der Waals surface area contributed by atoms with Crippen LogP contribution in [0, 0.1) is 46.3 Å². The van der Waals surface area contributed by atoms with Crippen molar-refractivity contribution in [3.05, 3.63) is 0 Å². The molecule has 1 aliphatic heterocycles. The van der Waals surface area contributed by atoms with Gasteiger partial charge in [-0.2, -0.15) is 0 Å². The van der Waals surface area contributed by atoms with Crippen LogP contribution in [0.25, 0.3) is 0 Å². The number of aliphatic hydroxyl groups excluding tert-OH is 4. The maximum absolute atomic E-state index is 12.8. The van der Waals surface area contributed by atoms with Crippen molar-refractivity contribution in [1.82, 2.24) is 4.90 Å². The zero-order chi connectivity index (χ0) is 25.1. The molecule has 4 aliphatic carbocycles. The van der Waals surface area contributed by atoms with Gasteiger partial charge in [0.2, 0.25) is 5.91 Å². The molecule has 0 aromatic rings. The highest BCUT2D eigenvalue weighted by atomic mass is 16.3. The molecule has 1 saturated heterocycles. The summed E-state index contributed by atoms with van der Waals surface area (Å²) in [6, 6.07) is 0. The van der Waals surface area contributed by atoms with Crippen LogP contribution in [-0.2, 0) is 4.79 Å². The van der Waals surface area contributed by atoms with E-state index in [0.29, 0.717) is 61.9 Å². The number of likely N-dealkylation sites (tertiary alicyclic amines) is 1. The lowest BCUT2D eigenvalue weighted by molar-refractivity contribution is -0.207. The lowest BCUT2D eigenvalue weighted by Gasteiger charge is -2.63. The average molecular weight is 492 g/mol. The van der Waals surface area contributed by atoms with Gasteiger partial charge in [0, 0.05) is 19.5 Å². The van der Waals surface area contributed by atoms with Gasteiger partial charge in [-0.05, 0) is 111 Å². The van der Waals surface area contributed by atoms with Gasteiger partial charge in [-0.1, -0.05) is 20.8 Å². The summed E-state index contributed by atoms with van der Waals surface area (Å²) in [6.45, 7) is 8.25. The van der Waals surface area contributed by atoms with E-state index in [-0.39, 0.29) is 47.1 Å². The Morgan fingerprint density at radius 3 is 2.34 bits per heavy atom. The Morgan fingerprint density at radius 1 is 0.914 bits per heavy atom. The molecule has 4 N–H and O–H groups in total. The molecule has 5 aliphatic rings. The van der Waals surface area contributed by atoms with Crippen molar-refractivity contribution in [3.8, 4) is 0 Å². The van der Waals surface area contributed by atoms with Gasteiger partial charge in [-0.15, -0.1) is 0 Å². The highest BCUT2D eigenvalue weighted by Crippen LogP contribution is 2.68. The topological polar surface area (TPSA) is 101 Å². The summed E-state index contributed by atoms with van der Waals surface area (Å²) in [4.78, 5) is 14.7. The van der Waals surface area contributed by atoms with Crippen LogP contribution in [0.15, 0.2) is 0 Å². The molecule has 0 aromatic heterocycles. The summed E-state index contributed by atoms with van der Waals surface area (Å²) >= 11 is 0. The number of carbonyl (C=O) groups is 1. The fourth-order valence-electron chi connectivity index (χ4n) is 9.96. The van der Waals surface area contributed by atoms with Gasteiger partial charge in [0.05, 0.1) is 24.4 Å². The van der Waals surface area contributed by atoms with Crippen molar-refractivity contribution in [2.24, 2.45) is 46.3 Å². The molecule has 200 valence electrons. The van der Waals surface area contributed by atoms with Crippen LogP contribution in [0.1, 0.15) is 91.4 Å². The summed E-state index contributed by atoms with van der Waals surface area (Å²) in [5.74, 6) is 2.14. The molecule has 1 heterocycles. The fourth-order valence-corrected chi connectivity index (χ4v) is 9.96. The molecule has 11 atom stereocenters. The second-order valence-corrected chi connectivity index (χ2v) is 13.7. The molecule has 1 amide bonds. The summed E-state index contributed by atoms with van der Waals surface area (Å²) in [7, 11) is 0. The molecular weight excluding hydrogens is 442 g/mol. The first-order valence-corrected chi connectivity index (χ1v) is 14.6.